The zero-order chi connectivity index (χ0) is 13.8. The number of ketones is 1. The predicted molar refractivity (Wildman–Crippen MR) is 64.7 cm³/mol. The van der Waals surface area contributed by atoms with E-state index in [0.717, 1.165) is 0 Å². The summed E-state index contributed by atoms with van der Waals surface area (Å²) in [5, 5.41) is 1.36. The summed E-state index contributed by atoms with van der Waals surface area (Å²) in [6, 6.07) is 1.98. The molecule has 0 saturated heterocycles. The number of Topliss-reactive ketones (excluding diaryl/α,β-unsaturated/α-hetero) is 1. The molecule has 19 heavy (non-hydrogen) atoms. The molecule has 1 aromatic rings. The standard InChI is InChI=1S/C12H13N3O4/c1-15-10(11(16)9(18-2)7-14-15)12(17)19-8-3-5-13-6-4-8/h3-7,10,14H,1-2H3. The summed E-state index contributed by atoms with van der Waals surface area (Å²) in [6.45, 7) is 0. The van der Waals surface area contributed by atoms with Crippen LogP contribution in [0.5, 0.6) is 5.75 Å². The molecule has 1 atom stereocenters. The van der Waals surface area contributed by atoms with E-state index in [0.29, 0.717) is 5.75 Å². The third-order valence-corrected chi connectivity index (χ3v) is 2.59. The smallest absolute Gasteiger partial charge is 0.338 e. The highest BCUT2D eigenvalue weighted by Gasteiger charge is 2.38. The summed E-state index contributed by atoms with van der Waals surface area (Å²) < 4.78 is 10.0. The molecule has 0 saturated carbocycles. The van der Waals surface area contributed by atoms with Crippen molar-refractivity contribution in [3.8, 4) is 5.75 Å². The van der Waals surface area contributed by atoms with Crippen molar-refractivity contribution >= 4 is 11.8 Å². The monoisotopic (exact) mass is 263 g/mol. The fraction of sp³-hybridized carbons (Fsp3) is 0.250. The maximum Gasteiger partial charge on any atom is 0.338 e. The molecule has 1 aromatic heterocycles. The number of nitrogens with one attached hydrogen (secondary N) is 1. The number of nitrogens with zero attached hydrogens (tertiary/aromatic N) is 2. The number of hydrogen-bond acceptors (Lipinski definition) is 7. The third kappa shape index (κ3) is 2.71. The molecular weight excluding hydrogens is 250 g/mol. The van der Waals surface area contributed by atoms with Gasteiger partial charge in [0.05, 0.1) is 13.3 Å². The van der Waals surface area contributed by atoms with Crippen molar-refractivity contribution in [1.82, 2.24) is 15.4 Å². The molecule has 1 N–H and O–H groups in total. The molecule has 0 fully saturated rings. The second-order valence-electron chi connectivity index (χ2n) is 3.82. The van der Waals surface area contributed by atoms with E-state index in [1.165, 1.54) is 42.8 Å². The molecule has 0 amide bonds. The van der Waals surface area contributed by atoms with Gasteiger partial charge in [0.2, 0.25) is 5.78 Å². The summed E-state index contributed by atoms with van der Waals surface area (Å²) in [7, 11) is 2.93. The zero-order valence-electron chi connectivity index (χ0n) is 10.5. The number of methoxy groups -OCH3 is 1. The van der Waals surface area contributed by atoms with E-state index in [2.05, 4.69) is 10.4 Å². The molecule has 2 heterocycles. The predicted octanol–water partition coefficient (Wildman–Crippen LogP) is -0.138. The average molecular weight is 263 g/mol. The maximum atomic E-state index is 12.0. The minimum atomic E-state index is -1.09. The van der Waals surface area contributed by atoms with Gasteiger partial charge in [-0.15, -0.1) is 0 Å². The topological polar surface area (TPSA) is 80.8 Å². The molecule has 0 radical (unpaired) electrons. The van der Waals surface area contributed by atoms with Gasteiger partial charge in [-0.2, -0.15) is 0 Å². The highest BCUT2D eigenvalue weighted by molar-refractivity contribution is 6.11. The molecule has 0 aromatic carbocycles. The van der Waals surface area contributed by atoms with Crippen LogP contribution < -0.4 is 10.2 Å². The first-order valence-electron chi connectivity index (χ1n) is 5.52. The first-order chi connectivity index (χ1) is 9.13. The van der Waals surface area contributed by atoms with Crippen LogP contribution in [-0.2, 0) is 14.3 Å². The molecule has 0 bridgehead atoms. The number of likely N-dealkylation sites (N-methyl/N-ethyl adjacent to an activating group) is 1. The van der Waals surface area contributed by atoms with Crippen molar-refractivity contribution in [1.29, 1.82) is 0 Å². The van der Waals surface area contributed by atoms with Crippen molar-refractivity contribution < 1.29 is 19.1 Å². The van der Waals surface area contributed by atoms with E-state index in [1.807, 2.05) is 0 Å². The van der Waals surface area contributed by atoms with E-state index >= 15 is 0 Å². The molecule has 100 valence electrons. The van der Waals surface area contributed by atoms with E-state index < -0.39 is 17.8 Å². The Balaban J connectivity index is 2.14. The summed E-state index contributed by atoms with van der Waals surface area (Å²) in [4.78, 5) is 27.8. The van der Waals surface area contributed by atoms with Crippen molar-refractivity contribution in [2.24, 2.45) is 0 Å². The number of carbonyl (C=O) groups excluding carboxylic acids is 2. The van der Waals surface area contributed by atoms with Crippen LogP contribution in [0, 0.1) is 0 Å². The fourth-order valence-electron chi connectivity index (χ4n) is 1.62. The second-order valence-corrected chi connectivity index (χ2v) is 3.82. The molecule has 1 unspecified atom stereocenters. The quantitative estimate of drug-likeness (QED) is 0.600. The maximum absolute atomic E-state index is 12.0. The number of aromatic nitrogens is 1. The number of rotatable bonds is 3. The van der Waals surface area contributed by atoms with E-state index in [9.17, 15) is 9.59 Å². The van der Waals surface area contributed by atoms with Gasteiger partial charge in [0.1, 0.15) is 5.75 Å². The van der Waals surface area contributed by atoms with Crippen molar-refractivity contribution in [3.05, 3.63) is 36.5 Å². The Bertz CT molecular complexity index is 515. The molecular formula is C12H13N3O4. The molecule has 2 rings (SSSR count). The molecule has 1 aliphatic heterocycles. The van der Waals surface area contributed by atoms with Gasteiger partial charge in [0.25, 0.3) is 0 Å². The molecule has 7 nitrogen and oxygen atoms in total. The van der Waals surface area contributed by atoms with Crippen LogP contribution in [0.1, 0.15) is 0 Å². The van der Waals surface area contributed by atoms with Crippen LogP contribution in [-0.4, -0.2) is 41.9 Å². The Labute approximate surface area is 109 Å². The first-order valence-corrected chi connectivity index (χ1v) is 5.52. The lowest BCUT2D eigenvalue weighted by atomic mass is 10.1. The second kappa shape index (κ2) is 5.49. The van der Waals surface area contributed by atoms with Gasteiger partial charge in [-0.1, -0.05) is 0 Å². The Hall–Kier alpha value is -2.41. The molecule has 0 spiro atoms. The minimum absolute atomic E-state index is 0.0785. The Kier molecular flexibility index (Phi) is 3.76. The Morgan fingerprint density at radius 3 is 2.74 bits per heavy atom. The highest BCUT2D eigenvalue weighted by atomic mass is 16.5. The number of pyridine rings is 1. The van der Waals surface area contributed by atoms with Crippen LogP contribution in [0.15, 0.2) is 36.5 Å². The summed E-state index contributed by atoms with van der Waals surface area (Å²) in [5.41, 5.74) is 2.74. The summed E-state index contributed by atoms with van der Waals surface area (Å²) in [5.74, 6) is -0.735. The van der Waals surface area contributed by atoms with Gasteiger partial charge in [-0.05, 0) is 12.1 Å². The lowest BCUT2D eigenvalue weighted by Gasteiger charge is -2.29. The van der Waals surface area contributed by atoms with Crippen molar-refractivity contribution in [2.75, 3.05) is 14.2 Å². The number of carbonyl (C=O) groups is 2. The number of hydrazine groups is 1. The summed E-state index contributed by atoms with van der Waals surface area (Å²) >= 11 is 0. The van der Waals surface area contributed by atoms with Gasteiger partial charge in [-0.3, -0.25) is 9.78 Å². The normalized spacial score (nSPS) is 19.4. The van der Waals surface area contributed by atoms with Gasteiger partial charge < -0.3 is 14.9 Å². The van der Waals surface area contributed by atoms with Crippen LogP contribution in [0.25, 0.3) is 0 Å². The Morgan fingerprint density at radius 1 is 1.42 bits per heavy atom. The van der Waals surface area contributed by atoms with E-state index in [1.54, 1.807) is 7.05 Å². The molecule has 7 heteroatoms. The van der Waals surface area contributed by atoms with E-state index in [-0.39, 0.29) is 5.76 Å². The first kappa shape index (κ1) is 13.0. The fourth-order valence-corrected chi connectivity index (χ4v) is 1.62. The van der Waals surface area contributed by atoms with Crippen LogP contribution in [0.2, 0.25) is 0 Å². The van der Waals surface area contributed by atoms with Crippen LogP contribution in [0.3, 0.4) is 0 Å². The molecule has 1 aliphatic rings. The highest BCUT2D eigenvalue weighted by Crippen LogP contribution is 2.14. The van der Waals surface area contributed by atoms with Crippen molar-refractivity contribution in [3.63, 3.8) is 0 Å². The van der Waals surface area contributed by atoms with Gasteiger partial charge in [0.15, 0.2) is 11.8 Å². The Morgan fingerprint density at radius 2 is 2.11 bits per heavy atom. The summed E-state index contributed by atoms with van der Waals surface area (Å²) in [6.07, 6.45) is 4.38. The number of hydrogen-bond donors (Lipinski definition) is 1. The SMILES string of the molecule is COC1=CNN(C)C(C(=O)Oc2ccncc2)C1=O. The van der Waals surface area contributed by atoms with Gasteiger partial charge >= 0.3 is 5.97 Å². The largest absolute Gasteiger partial charge is 0.491 e. The van der Waals surface area contributed by atoms with E-state index in [4.69, 9.17) is 9.47 Å². The van der Waals surface area contributed by atoms with Crippen LogP contribution in [0.4, 0.5) is 0 Å². The third-order valence-electron chi connectivity index (χ3n) is 2.59. The van der Waals surface area contributed by atoms with Gasteiger partial charge in [0, 0.05) is 19.4 Å². The van der Waals surface area contributed by atoms with Gasteiger partial charge in [-0.25, -0.2) is 9.80 Å². The van der Waals surface area contributed by atoms with Crippen molar-refractivity contribution in [2.45, 2.75) is 6.04 Å². The lowest BCUT2D eigenvalue weighted by Crippen LogP contribution is -2.54. The number of esters is 1. The molecule has 0 aliphatic carbocycles. The minimum Gasteiger partial charge on any atom is -0.491 e. The lowest BCUT2D eigenvalue weighted by molar-refractivity contribution is -0.147. The number of ether oxygens (including phenoxy) is 2. The zero-order valence-corrected chi connectivity index (χ0v) is 10.5. The van der Waals surface area contributed by atoms with Crippen LogP contribution >= 0.6 is 0 Å². The average Bonchev–Trinajstić information content (AvgIpc) is 2.40.